The zero-order valence-electron chi connectivity index (χ0n) is 19.0. The van der Waals surface area contributed by atoms with Gasteiger partial charge < -0.3 is 19.7 Å². The Hall–Kier alpha value is -3.68. The van der Waals surface area contributed by atoms with E-state index in [1.54, 1.807) is 0 Å². The maximum absolute atomic E-state index is 12.4. The number of carbonyl (C=O) groups excluding carboxylic acids is 1. The Morgan fingerprint density at radius 2 is 1.94 bits per heavy atom. The number of hydrogen-bond acceptors (Lipinski definition) is 6. The van der Waals surface area contributed by atoms with Crippen molar-refractivity contribution in [2.45, 2.75) is 33.1 Å². The number of carbonyl (C=O) groups is 1. The second kappa shape index (κ2) is 9.05. The number of aromatic amines is 1. The van der Waals surface area contributed by atoms with Crippen molar-refractivity contribution in [1.82, 2.24) is 25.4 Å². The lowest BCUT2D eigenvalue weighted by atomic mass is 9.98. The summed E-state index contributed by atoms with van der Waals surface area (Å²) in [6.07, 6.45) is 3.03. The van der Waals surface area contributed by atoms with Gasteiger partial charge in [-0.05, 0) is 67.6 Å². The fourth-order valence-electron chi connectivity index (χ4n) is 4.19. The van der Waals surface area contributed by atoms with Crippen molar-refractivity contribution < 1.29 is 9.32 Å². The molecular formula is C25H28N6O2. The lowest BCUT2D eigenvalue weighted by Gasteiger charge is -2.32. The maximum Gasteiger partial charge on any atom is 0.316 e. The Labute approximate surface area is 192 Å². The van der Waals surface area contributed by atoms with Crippen LogP contribution in [0.2, 0.25) is 0 Å². The molecule has 1 fully saturated rings. The third-order valence-electron chi connectivity index (χ3n) is 6.23. The summed E-state index contributed by atoms with van der Waals surface area (Å²) in [5.41, 5.74) is 5.12. The van der Waals surface area contributed by atoms with Crippen LogP contribution in [-0.2, 0) is 6.42 Å². The highest BCUT2D eigenvalue weighted by Gasteiger charge is 2.18. The third kappa shape index (κ3) is 4.74. The second-order valence-electron chi connectivity index (χ2n) is 8.85. The molecule has 8 heteroatoms. The first-order valence-corrected chi connectivity index (χ1v) is 11.5. The van der Waals surface area contributed by atoms with Gasteiger partial charge >= 0.3 is 11.8 Å². The highest BCUT2D eigenvalue weighted by atomic mass is 16.5. The zero-order valence-corrected chi connectivity index (χ0v) is 19.0. The van der Waals surface area contributed by atoms with E-state index in [9.17, 15) is 4.79 Å². The van der Waals surface area contributed by atoms with Gasteiger partial charge in [-0.25, -0.2) is 4.98 Å². The number of anilines is 1. The van der Waals surface area contributed by atoms with Crippen LogP contribution in [0.15, 0.2) is 47.0 Å². The first-order valence-electron chi connectivity index (χ1n) is 11.5. The van der Waals surface area contributed by atoms with Crippen molar-refractivity contribution in [3.8, 4) is 11.4 Å². The van der Waals surface area contributed by atoms with E-state index in [1.165, 1.54) is 24.1 Å². The van der Waals surface area contributed by atoms with Crippen LogP contribution in [0.3, 0.4) is 0 Å². The highest BCUT2D eigenvalue weighted by molar-refractivity contribution is 5.89. The zero-order chi connectivity index (χ0) is 22.8. The smallest absolute Gasteiger partial charge is 0.316 e. The van der Waals surface area contributed by atoms with Gasteiger partial charge in [-0.1, -0.05) is 18.1 Å². The normalized spacial score (nSPS) is 14.7. The number of rotatable bonds is 6. The fraction of sp³-hybridized carbons (Fsp3) is 0.360. The molecule has 2 aromatic heterocycles. The predicted octanol–water partition coefficient (Wildman–Crippen LogP) is 4.13. The molecule has 0 saturated carbocycles. The summed E-state index contributed by atoms with van der Waals surface area (Å²) >= 11 is 0. The van der Waals surface area contributed by atoms with Crippen molar-refractivity contribution in [3.05, 3.63) is 59.7 Å². The SMILES string of the molecule is Cc1ccc2nc(CCNC(=O)c3nc(-c4ccc(N5CCC(C)CC5)cc4)no3)[nH]c2c1. The molecule has 8 nitrogen and oxygen atoms in total. The van der Waals surface area contributed by atoms with Gasteiger partial charge in [-0.2, -0.15) is 4.98 Å². The number of imidazole rings is 1. The van der Waals surface area contributed by atoms with Crippen LogP contribution < -0.4 is 10.2 Å². The molecule has 1 saturated heterocycles. The first-order chi connectivity index (χ1) is 16.0. The Kier molecular flexibility index (Phi) is 5.81. The predicted molar refractivity (Wildman–Crippen MR) is 127 cm³/mol. The number of nitrogens with zero attached hydrogens (tertiary/aromatic N) is 4. The average Bonchev–Trinajstić information content (AvgIpc) is 3.47. The van der Waals surface area contributed by atoms with Gasteiger partial charge in [0.25, 0.3) is 0 Å². The summed E-state index contributed by atoms with van der Waals surface area (Å²) in [6.45, 7) is 6.94. The van der Waals surface area contributed by atoms with Crippen LogP contribution in [0.25, 0.3) is 22.4 Å². The molecule has 170 valence electrons. The van der Waals surface area contributed by atoms with Crippen LogP contribution >= 0.6 is 0 Å². The molecule has 0 aliphatic carbocycles. The minimum Gasteiger partial charge on any atom is -0.372 e. The molecule has 2 N–H and O–H groups in total. The number of H-pyrrole nitrogens is 1. The van der Waals surface area contributed by atoms with E-state index in [2.05, 4.69) is 55.4 Å². The molecule has 0 spiro atoms. The Morgan fingerprint density at radius 3 is 2.73 bits per heavy atom. The summed E-state index contributed by atoms with van der Waals surface area (Å²) in [5.74, 6) is 1.60. The molecule has 5 rings (SSSR count). The van der Waals surface area contributed by atoms with Crippen molar-refractivity contribution in [2.24, 2.45) is 5.92 Å². The van der Waals surface area contributed by atoms with Gasteiger partial charge in [0.15, 0.2) is 0 Å². The quantitative estimate of drug-likeness (QED) is 0.464. The molecule has 4 aromatic rings. The van der Waals surface area contributed by atoms with Gasteiger partial charge in [0.1, 0.15) is 5.82 Å². The van der Waals surface area contributed by atoms with E-state index >= 15 is 0 Å². The monoisotopic (exact) mass is 444 g/mol. The number of amides is 1. The van der Waals surface area contributed by atoms with E-state index in [0.717, 1.165) is 41.4 Å². The van der Waals surface area contributed by atoms with Gasteiger partial charge in [-0.3, -0.25) is 4.79 Å². The van der Waals surface area contributed by atoms with Crippen molar-refractivity contribution in [1.29, 1.82) is 0 Å². The average molecular weight is 445 g/mol. The van der Waals surface area contributed by atoms with Gasteiger partial charge in [0.05, 0.1) is 11.0 Å². The number of aryl methyl sites for hydroxylation is 1. The number of piperidine rings is 1. The van der Waals surface area contributed by atoms with Crippen molar-refractivity contribution in [3.63, 3.8) is 0 Å². The van der Waals surface area contributed by atoms with Gasteiger partial charge in [0.2, 0.25) is 5.82 Å². The lowest BCUT2D eigenvalue weighted by Crippen LogP contribution is -2.32. The highest BCUT2D eigenvalue weighted by Crippen LogP contribution is 2.25. The summed E-state index contributed by atoms with van der Waals surface area (Å²) in [5, 5.41) is 6.81. The topological polar surface area (TPSA) is 99.9 Å². The van der Waals surface area contributed by atoms with E-state index in [1.807, 2.05) is 31.2 Å². The molecule has 33 heavy (non-hydrogen) atoms. The Bertz CT molecular complexity index is 1250. The molecule has 1 amide bonds. The number of fused-ring (bicyclic) bond motifs is 1. The third-order valence-corrected chi connectivity index (χ3v) is 6.23. The molecule has 0 bridgehead atoms. The number of hydrogen-bond donors (Lipinski definition) is 2. The molecule has 3 heterocycles. The Balaban J connectivity index is 1.17. The van der Waals surface area contributed by atoms with E-state index < -0.39 is 0 Å². The maximum atomic E-state index is 12.4. The molecule has 2 aromatic carbocycles. The number of benzene rings is 2. The van der Waals surface area contributed by atoms with Crippen LogP contribution in [0.1, 0.15) is 41.8 Å². The van der Waals surface area contributed by atoms with Crippen LogP contribution in [-0.4, -0.2) is 45.7 Å². The molecule has 0 atom stereocenters. The fourth-order valence-corrected chi connectivity index (χ4v) is 4.19. The lowest BCUT2D eigenvalue weighted by molar-refractivity contribution is 0.0910. The Morgan fingerprint density at radius 1 is 1.15 bits per heavy atom. The molecular weight excluding hydrogens is 416 g/mol. The number of nitrogens with one attached hydrogen (secondary N) is 2. The van der Waals surface area contributed by atoms with E-state index in [4.69, 9.17) is 4.52 Å². The summed E-state index contributed by atoms with van der Waals surface area (Å²) in [6, 6.07) is 14.2. The van der Waals surface area contributed by atoms with Gasteiger partial charge in [-0.15, -0.1) is 0 Å². The second-order valence-corrected chi connectivity index (χ2v) is 8.85. The van der Waals surface area contributed by atoms with Crippen LogP contribution in [0, 0.1) is 12.8 Å². The van der Waals surface area contributed by atoms with Crippen molar-refractivity contribution in [2.75, 3.05) is 24.5 Å². The first kappa shape index (κ1) is 21.2. The largest absolute Gasteiger partial charge is 0.372 e. The van der Waals surface area contributed by atoms with Gasteiger partial charge in [0, 0.05) is 37.3 Å². The van der Waals surface area contributed by atoms with E-state index in [-0.39, 0.29) is 11.8 Å². The molecule has 1 aliphatic rings. The standard InChI is InChI=1S/C25H28N6O2/c1-16-10-13-31(14-11-16)19-6-4-18(5-7-19)23-29-25(33-30-23)24(32)26-12-9-22-27-20-8-3-17(2)15-21(20)28-22/h3-8,15-16H,9-14H2,1-2H3,(H,26,32)(H,27,28). The minimum atomic E-state index is -0.389. The molecule has 1 aliphatic heterocycles. The summed E-state index contributed by atoms with van der Waals surface area (Å²) in [4.78, 5) is 27.0. The van der Waals surface area contributed by atoms with Crippen molar-refractivity contribution >= 4 is 22.6 Å². The van der Waals surface area contributed by atoms with Crippen LogP contribution in [0.5, 0.6) is 0 Å². The summed E-state index contributed by atoms with van der Waals surface area (Å²) in [7, 11) is 0. The number of aromatic nitrogens is 4. The minimum absolute atomic E-state index is 0.0423. The summed E-state index contributed by atoms with van der Waals surface area (Å²) < 4.78 is 5.20. The molecule has 0 unspecified atom stereocenters. The van der Waals surface area contributed by atoms with Crippen LogP contribution in [0.4, 0.5) is 5.69 Å². The van der Waals surface area contributed by atoms with E-state index in [0.29, 0.717) is 18.8 Å². The molecule has 0 radical (unpaired) electrons.